The number of carboxylic acid groups (broad SMARTS) is 1. The maximum atomic E-state index is 12.8. The zero-order valence-electron chi connectivity index (χ0n) is 16.5. The van der Waals surface area contributed by atoms with Crippen molar-refractivity contribution in [2.75, 3.05) is 0 Å². The normalized spacial score (nSPS) is 10.7. The zero-order valence-corrected chi connectivity index (χ0v) is 17.3. The topological polar surface area (TPSA) is 79.3 Å². The average Bonchev–Trinajstić information content (AvgIpc) is 3.30. The predicted octanol–water partition coefficient (Wildman–Crippen LogP) is 5.26. The van der Waals surface area contributed by atoms with E-state index in [1.807, 2.05) is 66.0 Å². The number of hydrogen-bond acceptors (Lipinski definition) is 4. The van der Waals surface area contributed by atoms with Crippen molar-refractivity contribution in [2.45, 2.75) is 6.42 Å². The number of aromatic nitrogens is 1. The summed E-state index contributed by atoms with van der Waals surface area (Å²) in [6, 6.07) is 23.2. The van der Waals surface area contributed by atoms with Gasteiger partial charge in [0.2, 0.25) is 0 Å². The summed E-state index contributed by atoms with van der Waals surface area (Å²) in [6.07, 6.45) is 3.26. The second kappa shape index (κ2) is 9.36. The van der Waals surface area contributed by atoms with E-state index in [0.29, 0.717) is 16.5 Å². The van der Waals surface area contributed by atoms with E-state index in [1.54, 1.807) is 24.5 Å². The number of hydrogen-bond donors (Lipinski definition) is 2. The van der Waals surface area contributed by atoms with Crippen LogP contribution in [-0.4, -0.2) is 22.0 Å². The molecular formula is C25H19N2O3S. The van der Waals surface area contributed by atoms with Crippen molar-refractivity contribution in [1.29, 1.82) is 0 Å². The van der Waals surface area contributed by atoms with Gasteiger partial charge in [0.15, 0.2) is 0 Å². The lowest BCUT2D eigenvalue weighted by Crippen LogP contribution is -2.30. The monoisotopic (exact) mass is 427 g/mol. The Labute approximate surface area is 184 Å². The molecule has 0 bridgehead atoms. The molecule has 0 atom stereocenters. The van der Waals surface area contributed by atoms with Crippen LogP contribution in [0, 0.1) is 6.04 Å². The molecule has 1 amide bonds. The number of thiophene rings is 1. The van der Waals surface area contributed by atoms with Crippen molar-refractivity contribution in [2.24, 2.45) is 0 Å². The number of rotatable bonds is 7. The molecule has 0 aliphatic heterocycles. The van der Waals surface area contributed by atoms with Gasteiger partial charge in [0.05, 0.1) is 11.3 Å². The van der Waals surface area contributed by atoms with Gasteiger partial charge >= 0.3 is 5.97 Å². The molecule has 1 radical (unpaired) electrons. The minimum Gasteiger partial charge on any atom is -0.481 e. The average molecular weight is 428 g/mol. The number of pyridine rings is 1. The number of amides is 1. The van der Waals surface area contributed by atoms with E-state index in [-0.39, 0.29) is 12.3 Å². The molecule has 5 nitrogen and oxygen atoms in total. The maximum Gasteiger partial charge on any atom is 0.306 e. The molecule has 2 N–H and O–H groups in total. The largest absolute Gasteiger partial charge is 0.481 e. The lowest BCUT2D eigenvalue weighted by atomic mass is 10.0. The highest BCUT2D eigenvalue weighted by atomic mass is 32.1. The van der Waals surface area contributed by atoms with E-state index in [9.17, 15) is 14.7 Å². The molecule has 0 spiro atoms. The van der Waals surface area contributed by atoms with Crippen LogP contribution in [0.5, 0.6) is 0 Å². The van der Waals surface area contributed by atoms with Crippen molar-refractivity contribution < 1.29 is 14.7 Å². The number of aliphatic carboxylic acids is 1. The molecule has 153 valence electrons. The Balaban J connectivity index is 1.50. The Morgan fingerprint density at radius 1 is 0.839 bits per heavy atom. The van der Waals surface area contributed by atoms with Gasteiger partial charge in [0.25, 0.3) is 5.91 Å². The molecule has 2 heterocycles. The molecule has 0 saturated heterocycles. The predicted molar refractivity (Wildman–Crippen MR) is 121 cm³/mol. The summed E-state index contributed by atoms with van der Waals surface area (Å²) >= 11 is 1.33. The van der Waals surface area contributed by atoms with E-state index in [0.717, 1.165) is 22.3 Å². The van der Waals surface area contributed by atoms with Crippen molar-refractivity contribution >= 4 is 23.2 Å². The lowest BCUT2D eigenvalue weighted by molar-refractivity contribution is -0.136. The quantitative estimate of drug-likeness (QED) is 0.422. The summed E-state index contributed by atoms with van der Waals surface area (Å²) in [5.74, 6) is -1.31. The Morgan fingerprint density at radius 2 is 1.45 bits per heavy atom. The Morgan fingerprint density at radius 3 is 2.10 bits per heavy atom. The fraction of sp³-hybridized carbons (Fsp3) is 0.0400. The molecule has 0 aliphatic rings. The third-order valence-corrected chi connectivity index (χ3v) is 5.70. The van der Waals surface area contributed by atoms with Gasteiger partial charge in [-0.25, -0.2) is 0 Å². The van der Waals surface area contributed by atoms with Gasteiger partial charge in [0.1, 0.15) is 6.04 Å². The lowest BCUT2D eigenvalue weighted by Gasteiger charge is -2.15. The second-order valence-electron chi connectivity index (χ2n) is 6.88. The Hall–Kier alpha value is -3.77. The second-order valence-corrected chi connectivity index (χ2v) is 7.79. The van der Waals surface area contributed by atoms with Gasteiger partial charge < -0.3 is 10.4 Å². The summed E-state index contributed by atoms with van der Waals surface area (Å²) < 4.78 is 0. The molecule has 0 unspecified atom stereocenters. The zero-order chi connectivity index (χ0) is 21.6. The van der Waals surface area contributed by atoms with E-state index < -0.39 is 5.97 Å². The van der Waals surface area contributed by atoms with Crippen LogP contribution in [0.4, 0.5) is 0 Å². The van der Waals surface area contributed by atoms with Gasteiger partial charge in [-0.15, -0.1) is 11.3 Å². The molecule has 0 saturated carbocycles. The molecule has 0 fully saturated rings. The van der Waals surface area contributed by atoms with Gasteiger partial charge in [0, 0.05) is 12.4 Å². The highest BCUT2D eigenvalue weighted by Crippen LogP contribution is 2.29. The fourth-order valence-corrected chi connectivity index (χ4v) is 4.02. The number of nitrogens with zero attached hydrogens (tertiary/aromatic N) is 1. The summed E-state index contributed by atoms with van der Waals surface area (Å²) in [5, 5.41) is 13.9. The minimum atomic E-state index is -1.000. The number of carbonyl (C=O) groups is 2. The van der Waals surface area contributed by atoms with E-state index in [2.05, 4.69) is 10.3 Å². The van der Waals surface area contributed by atoms with Crippen molar-refractivity contribution in [1.82, 2.24) is 10.3 Å². The van der Waals surface area contributed by atoms with E-state index in [1.165, 1.54) is 11.3 Å². The summed E-state index contributed by atoms with van der Waals surface area (Å²) in [6.45, 7) is 0. The SMILES string of the molecule is O=C(O)C[C](NC(=O)c1cc(-c2ccc(-c3ccncc3)cc2)cs1)c1ccccc1. The van der Waals surface area contributed by atoms with Crippen LogP contribution in [-0.2, 0) is 4.79 Å². The number of nitrogens with one attached hydrogen (secondary N) is 1. The number of carbonyl (C=O) groups excluding carboxylic acids is 1. The third kappa shape index (κ3) is 5.05. The molecule has 4 rings (SSSR count). The number of benzene rings is 2. The van der Waals surface area contributed by atoms with Gasteiger partial charge in [-0.2, -0.15) is 0 Å². The van der Waals surface area contributed by atoms with Crippen molar-refractivity contribution in [3.63, 3.8) is 0 Å². The van der Waals surface area contributed by atoms with Gasteiger partial charge in [-0.3, -0.25) is 14.6 Å². The van der Waals surface area contributed by atoms with Crippen molar-refractivity contribution in [3.05, 3.63) is 107 Å². The standard InChI is InChI=1S/C25H19N2O3S/c28-24(29)15-22(20-4-2-1-3-5-20)27-25(30)23-14-21(16-31-23)18-8-6-17(7-9-18)19-10-12-26-13-11-19/h1-14,16H,15H2,(H,27,30)(H,28,29). The van der Waals surface area contributed by atoms with Crippen LogP contribution in [0.15, 0.2) is 90.6 Å². The molecule has 2 aromatic carbocycles. The van der Waals surface area contributed by atoms with E-state index >= 15 is 0 Å². The first-order chi connectivity index (χ1) is 15.1. The third-order valence-electron chi connectivity index (χ3n) is 4.77. The summed E-state index contributed by atoms with van der Waals surface area (Å²) in [5.41, 5.74) is 4.81. The Bertz CT molecular complexity index is 1170. The molecular weight excluding hydrogens is 408 g/mol. The summed E-state index contributed by atoms with van der Waals surface area (Å²) in [7, 11) is 0. The van der Waals surface area contributed by atoms with E-state index in [4.69, 9.17) is 0 Å². The number of carboxylic acids is 1. The molecule has 6 heteroatoms. The highest BCUT2D eigenvalue weighted by molar-refractivity contribution is 7.12. The molecule has 2 aromatic heterocycles. The van der Waals surface area contributed by atoms with Gasteiger partial charge in [-0.05, 0) is 51.4 Å². The minimum absolute atomic E-state index is 0.259. The first-order valence-corrected chi connectivity index (χ1v) is 10.5. The Kier molecular flexibility index (Phi) is 6.19. The fourth-order valence-electron chi connectivity index (χ4n) is 3.21. The smallest absolute Gasteiger partial charge is 0.306 e. The van der Waals surface area contributed by atoms with Crippen LogP contribution in [0.1, 0.15) is 21.7 Å². The van der Waals surface area contributed by atoms with Gasteiger partial charge in [-0.1, -0.05) is 54.6 Å². The molecule has 0 aliphatic carbocycles. The molecule has 31 heavy (non-hydrogen) atoms. The van der Waals surface area contributed by atoms with Crippen LogP contribution >= 0.6 is 11.3 Å². The highest BCUT2D eigenvalue weighted by Gasteiger charge is 2.21. The van der Waals surface area contributed by atoms with Crippen LogP contribution < -0.4 is 5.32 Å². The van der Waals surface area contributed by atoms with Crippen molar-refractivity contribution in [3.8, 4) is 22.3 Å². The first kappa shape index (κ1) is 20.5. The van der Waals surface area contributed by atoms with Crippen LogP contribution in [0.3, 0.4) is 0 Å². The summed E-state index contributed by atoms with van der Waals surface area (Å²) in [4.78, 5) is 28.6. The molecule has 4 aromatic rings. The maximum absolute atomic E-state index is 12.8. The van der Waals surface area contributed by atoms with Crippen LogP contribution in [0.2, 0.25) is 0 Å². The van der Waals surface area contributed by atoms with Crippen LogP contribution in [0.25, 0.3) is 22.3 Å². The first-order valence-electron chi connectivity index (χ1n) is 9.64.